The van der Waals surface area contributed by atoms with Crippen LogP contribution >= 0.6 is 0 Å². The van der Waals surface area contributed by atoms with Gasteiger partial charge in [-0.3, -0.25) is 0 Å². The topological polar surface area (TPSA) is 56.7 Å². The SMILES string of the molecule is Bc1c(B)c(B)c(-c2nc(-c3c(B)c(B)c(B)c(-c4c(B)c(B)c(B)c(B)c4B)c3B)nc(-c3c(B)c(B)c4c(oc5c(B)c(B)c(B)c(-n6c7c(B)c(B)c(B)c(B)c7c7c(B)c(B)c(B)c(B)c76)c54)c3B)n2)c(B)c1B. The Morgan fingerprint density at radius 1 is 0.205 bits per heavy atom. The third-order valence-electron chi connectivity index (χ3n) is 21.4. The molecule has 7 aromatic carbocycles. The van der Waals surface area contributed by atoms with Gasteiger partial charge in [-0.2, -0.15) is 0 Å². The van der Waals surface area contributed by atoms with Crippen LogP contribution < -0.4 is 153 Å². The summed E-state index contributed by atoms with van der Waals surface area (Å²) in [5.74, 6) is 2.07. The van der Waals surface area contributed by atoms with Crippen LogP contribution in [0.3, 0.4) is 0 Å². The molecule has 0 unspecified atom stereocenters. The van der Waals surface area contributed by atoms with Gasteiger partial charge in [-0.25, -0.2) is 15.0 Å². The van der Waals surface area contributed by atoms with Crippen LogP contribution in [0.4, 0.5) is 0 Å². The molecule has 0 aliphatic carbocycles. The van der Waals surface area contributed by atoms with Crippen molar-refractivity contribution in [1.29, 1.82) is 0 Å². The van der Waals surface area contributed by atoms with Crippen molar-refractivity contribution in [2.45, 2.75) is 0 Å². The number of hydrogen-bond acceptors (Lipinski definition) is 4. The van der Waals surface area contributed by atoms with Crippen molar-refractivity contribution in [3.05, 3.63) is 0 Å². The van der Waals surface area contributed by atoms with E-state index in [0.717, 1.165) is 44.2 Å². The Morgan fingerprint density at radius 2 is 0.462 bits per heavy atom. The lowest BCUT2D eigenvalue weighted by molar-refractivity contribution is 0.674. The minimum Gasteiger partial charge on any atom is -0.457 e. The molecule has 0 aliphatic heterocycles. The molecule has 0 radical (unpaired) electrons. The molecule has 10 rings (SSSR count). The van der Waals surface area contributed by atoms with Crippen molar-refractivity contribution in [3.63, 3.8) is 0 Å². The summed E-state index contributed by atoms with van der Waals surface area (Å²) >= 11 is 0. The van der Waals surface area contributed by atoms with E-state index in [1.807, 2.05) is 0 Å². The fourth-order valence-corrected chi connectivity index (χ4v) is 14.3. The summed E-state index contributed by atoms with van der Waals surface area (Å²) in [6.45, 7) is 0. The van der Waals surface area contributed by atoms with Gasteiger partial charge in [0.2, 0.25) is 0 Å². The summed E-state index contributed by atoms with van der Waals surface area (Å²) in [6, 6.07) is 0. The van der Waals surface area contributed by atoms with Crippen LogP contribution in [0.5, 0.6) is 0 Å². The van der Waals surface area contributed by atoms with Crippen molar-refractivity contribution in [2.75, 3.05) is 0 Å². The zero-order valence-corrected chi connectivity index (χ0v) is 52.7. The van der Waals surface area contributed by atoms with Crippen LogP contribution in [-0.2, 0) is 0 Å². The van der Waals surface area contributed by atoms with E-state index in [1.54, 1.807) is 0 Å². The number of aromatic nitrogens is 4. The average molecular weight is 972 g/mol. The van der Waals surface area contributed by atoms with Crippen LogP contribution in [0.15, 0.2) is 4.42 Å². The lowest BCUT2D eigenvalue weighted by Gasteiger charge is -2.27. The monoisotopic (exact) mass is 977 g/mol. The average Bonchev–Trinajstić information content (AvgIpc) is 3.79. The van der Waals surface area contributed by atoms with Crippen molar-refractivity contribution < 1.29 is 4.42 Å². The lowest BCUT2D eigenvalue weighted by Crippen LogP contribution is -2.57. The van der Waals surface area contributed by atoms with Crippen LogP contribution in [0.25, 0.3) is 94.7 Å². The maximum absolute atomic E-state index is 7.51. The van der Waals surface area contributed by atoms with Crippen LogP contribution in [-0.4, -0.2) is 239 Å². The summed E-state index contributed by atoms with van der Waals surface area (Å²) in [6.07, 6.45) is 0. The van der Waals surface area contributed by atoms with E-state index in [1.165, 1.54) is 186 Å². The summed E-state index contributed by atoms with van der Waals surface area (Å²) in [4.78, 5) is 17.1. The molecular formula is C45H56B28N4O. The van der Waals surface area contributed by atoms with E-state index in [9.17, 15) is 0 Å². The Morgan fingerprint density at radius 3 is 0.872 bits per heavy atom. The van der Waals surface area contributed by atoms with Crippen molar-refractivity contribution in [2.24, 2.45) is 0 Å². The largest absolute Gasteiger partial charge is 0.457 e. The second-order valence-corrected chi connectivity index (χ2v) is 24.3. The standard InChI is InChI=1S/C45H56B28N4O/c46-10-1(2-12(48)23(59)29(65)24(60)13(2)49)11(47)22(58)18(54)7(10)43-74-44(8-19(55)27(63)30(66)28(64)20(8)56)76-45(75-43)9-17(53)16(52)5-6-40(36(72)33(69)37(73)42(6)78-41(5)21(9)57)77-38-3(14(50)25(61)31(67)34(38)70)4-15(51)26(62)32(68)35(71)39(4)77/h46-73H2. The first-order valence-electron chi connectivity index (χ1n) is 28.4. The first-order valence-corrected chi connectivity index (χ1v) is 28.4. The molecule has 0 amide bonds. The smallest absolute Gasteiger partial charge is 0.163 e. The second kappa shape index (κ2) is 19.3. The van der Waals surface area contributed by atoms with Crippen molar-refractivity contribution in [1.82, 2.24) is 19.5 Å². The minimum absolute atomic E-state index is 0.665. The first-order chi connectivity index (χ1) is 36.4. The zero-order valence-electron chi connectivity index (χ0n) is 52.7. The fourth-order valence-electron chi connectivity index (χ4n) is 14.3. The van der Waals surface area contributed by atoms with E-state index >= 15 is 0 Å². The highest BCUT2D eigenvalue weighted by atomic mass is 16.3. The molecule has 78 heavy (non-hydrogen) atoms. The maximum Gasteiger partial charge on any atom is 0.163 e. The molecule has 0 atom stereocenters. The summed E-state index contributed by atoms with van der Waals surface area (Å²) in [7, 11) is 64.0. The lowest BCUT2D eigenvalue weighted by atomic mass is 9.56. The van der Waals surface area contributed by atoms with Gasteiger partial charge in [0.05, 0.1) is 11.1 Å². The van der Waals surface area contributed by atoms with E-state index in [4.69, 9.17) is 19.4 Å². The van der Waals surface area contributed by atoms with Gasteiger partial charge in [-0.05, 0) is 27.4 Å². The van der Waals surface area contributed by atoms with E-state index < -0.39 is 0 Å². The maximum atomic E-state index is 7.51. The highest BCUT2D eigenvalue weighted by molar-refractivity contribution is 6.75. The molecule has 5 nitrogen and oxygen atoms in total. The third-order valence-corrected chi connectivity index (χ3v) is 21.4. The van der Waals surface area contributed by atoms with Gasteiger partial charge in [-0.1, -0.05) is 98.3 Å². The molecule has 10 aromatic rings. The zero-order chi connectivity index (χ0) is 57.4. The van der Waals surface area contributed by atoms with Crippen LogP contribution in [0.2, 0.25) is 0 Å². The number of fused-ring (bicyclic) bond motifs is 6. The second-order valence-electron chi connectivity index (χ2n) is 24.3. The molecule has 346 valence electrons. The number of rotatable bonds is 5. The Labute approximate surface area is 488 Å². The molecule has 33 heteroatoms. The number of hydrogen-bond donors (Lipinski definition) is 0. The van der Waals surface area contributed by atoms with Gasteiger partial charge in [0, 0.05) is 33.1 Å². The quantitative estimate of drug-likeness (QED) is 0.161. The molecule has 0 saturated carbocycles. The molecule has 0 N–H and O–H groups in total. The van der Waals surface area contributed by atoms with E-state index in [-0.39, 0.29) is 0 Å². The van der Waals surface area contributed by atoms with E-state index in [2.05, 4.69) is 224 Å². The van der Waals surface area contributed by atoms with Gasteiger partial charge < -0.3 is 8.98 Å². The minimum atomic E-state index is 0.665. The summed E-state index contributed by atoms with van der Waals surface area (Å²) in [5.41, 5.74) is 47.1. The fraction of sp³-hybridized carbons (Fsp3) is 0. The molecule has 3 aromatic heterocycles. The number of furan rings is 1. The van der Waals surface area contributed by atoms with E-state index in [0.29, 0.717) is 17.5 Å². The van der Waals surface area contributed by atoms with Crippen LogP contribution in [0.1, 0.15) is 0 Å². The molecule has 0 bridgehead atoms. The highest BCUT2D eigenvalue weighted by Gasteiger charge is 2.31. The highest BCUT2D eigenvalue weighted by Crippen LogP contribution is 2.35. The third kappa shape index (κ3) is 7.52. The molecule has 0 saturated heterocycles. The predicted octanol–water partition coefficient (Wildman–Crippen LogP) is -37.2. The Bertz CT molecular complexity index is 4360. The number of nitrogens with zero attached hydrogens (tertiary/aromatic N) is 4. The van der Waals surface area contributed by atoms with Crippen molar-refractivity contribution >= 4 is 416 Å². The van der Waals surface area contributed by atoms with Crippen molar-refractivity contribution in [3.8, 4) is 51.0 Å². The number of benzene rings is 7. The Hall–Kier alpha value is -5.03. The molecule has 0 aliphatic rings. The summed E-state index contributed by atoms with van der Waals surface area (Å²) in [5, 5.41) is 5.05. The normalized spacial score (nSPS) is 11.7. The van der Waals surface area contributed by atoms with Gasteiger partial charge in [-0.15, -0.1) is 49.2 Å². The predicted molar refractivity (Wildman–Crippen MR) is 432 cm³/mol. The molecule has 3 heterocycles. The van der Waals surface area contributed by atoms with Gasteiger partial charge >= 0.3 is 0 Å². The molecule has 0 spiro atoms. The molecular weight excluding hydrogens is 915 g/mol. The Kier molecular flexibility index (Phi) is 13.9. The Balaban J connectivity index is 1.37. The van der Waals surface area contributed by atoms with Gasteiger partial charge in [0.15, 0.2) is 17.5 Å². The van der Waals surface area contributed by atoms with Gasteiger partial charge in [0.25, 0.3) is 0 Å². The molecule has 0 fully saturated rings. The van der Waals surface area contributed by atoms with Gasteiger partial charge in [0.1, 0.15) is 231 Å². The summed E-state index contributed by atoms with van der Waals surface area (Å²) < 4.78 is 10.2. The van der Waals surface area contributed by atoms with Crippen LogP contribution in [0, 0.1) is 0 Å². The first kappa shape index (κ1) is 56.3.